The van der Waals surface area contributed by atoms with E-state index in [1.807, 2.05) is 19.1 Å². The Hall–Kier alpha value is -2.35. The average molecular weight is 411 g/mol. The summed E-state index contributed by atoms with van der Waals surface area (Å²) < 4.78 is 30.6. The van der Waals surface area contributed by atoms with Gasteiger partial charge in [-0.1, -0.05) is 6.07 Å². The highest BCUT2D eigenvalue weighted by molar-refractivity contribution is 5.91. The van der Waals surface area contributed by atoms with Gasteiger partial charge in [-0.2, -0.15) is 0 Å². The van der Waals surface area contributed by atoms with Gasteiger partial charge in [-0.15, -0.1) is 12.4 Å². The minimum atomic E-state index is -0.574. The van der Waals surface area contributed by atoms with E-state index in [0.717, 1.165) is 12.1 Å². The van der Waals surface area contributed by atoms with Gasteiger partial charge in [-0.05, 0) is 36.8 Å². The molecule has 3 rings (SSSR count). The van der Waals surface area contributed by atoms with Gasteiger partial charge in [0, 0.05) is 30.8 Å². The highest BCUT2D eigenvalue weighted by atomic mass is 35.5. The fourth-order valence-electron chi connectivity index (χ4n) is 2.83. The van der Waals surface area contributed by atoms with E-state index in [2.05, 4.69) is 10.6 Å². The van der Waals surface area contributed by atoms with Gasteiger partial charge >= 0.3 is 0 Å². The summed E-state index contributed by atoms with van der Waals surface area (Å²) in [6.07, 6.45) is 0.264. The van der Waals surface area contributed by atoms with Gasteiger partial charge in [0.05, 0.1) is 20.3 Å². The van der Waals surface area contributed by atoms with Crippen molar-refractivity contribution in [2.24, 2.45) is 0 Å². The second-order valence-corrected chi connectivity index (χ2v) is 6.38. The maximum Gasteiger partial charge on any atom is 0.226 e. The van der Waals surface area contributed by atoms with Crippen LogP contribution < -0.4 is 20.1 Å². The minimum Gasteiger partial charge on any atom is -0.493 e. The van der Waals surface area contributed by atoms with E-state index in [-0.39, 0.29) is 36.5 Å². The van der Waals surface area contributed by atoms with Gasteiger partial charge in [-0.25, -0.2) is 4.39 Å². The van der Waals surface area contributed by atoms with Crippen molar-refractivity contribution in [1.29, 1.82) is 0 Å². The normalized spacial score (nSPS) is 16.0. The number of nitrogens with one attached hydrogen (secondary N) is 2. The van der Waals surface area contributed by atoms with E-state index in [4.69, 9.17) is 14.2 Å². The Morgan fingerprint density at radius 3 is 2.71 bits per heavy atom. The maximum absolute atomic E-state index is 14.4. The molecule has 6 nitrogen and oxygen atoms in total. The van der Waals surface area contributed by atoms with Crippen molar-refractivity contribution >= 4 is 24.0 Å². The molecular weight excluding hydrogens is 387 g/mol. The lowest BCUT2D eigenvalue weighted by Crippen LogP contribution is -2.43. The first kappa shape index (κ1) is 21.9. The summed E-state index contributed by atoms with van der Waals surface area (Å²) in [5.74, 6) is 0.217. The van der Waals surface area contributed by atoms with Crippen LogP contribution in [0.4, 0.5) is 10.1 Å². The Bertz CT molecular complexity index is 813. The third-order valence-corrected chi connectivity index (χ3v) is 4.18. The monoisotopic (exact) mass is 410 g/mol. The van der Waals surface area contributed by atoms with E-state index in [9.17, 15) is 9.18 Å². The summed E-state index contributed by atoms with van der Waals surface area (Å²) in [5, 5.41) is 5.90. The topological polar surface area (TPSA) is 68.8 Å². The van der Waals surface area contributed by atoms with Crippen molar-refractivity contribution < 1.29 is 23.4 Å². The van der Waals surface area contributed by atoms with Crippen molar-refractivity contribution in [3.8, 4) is 17.2 Å². The zero-order chi connectivity index (χ0) is 19.2. The number of carbonyl (C=O) groups excluding carboxylic acids is 1. The third kappa shape index (κ3) is 5.82. The molecule has 1 fully saturated rings. The maximum atomic E-state index is 14.4. The quantitative estimate of drug-likeness (QED) is 0.760. The van der Waals surface area contributed by atoms with Crippen LogP contribution in [0.1, 0.15) is 12.0 Å². The molecule has 0 bridgehead atoms. The lowest BCUT2D eigenvalue weighted by atomic mass is 10.2. The molecule has 0 spiro atoms. The second-order valence-electron chi connectivity index (χ2n) is 6.38. The van der Waals surface area contributed by atoms with Crippen molar-refractivity contribution in [1.82, 2.24) is 5.32 Å². The van der Waals surface area contributed by atoms with Gasteiger partial charge in [0.1, 0.15) is 0 Å². The van der Waals surface area contributed by atoms with Crippen LogP contribution in [0.25, 0.3) is 0 Å². The number of carbonyl (C=O) groups is 1. The minimum absolute atomic E-state index is 0. The van der Waals surface area contributed by atoms with Gasteiger partial charge in [0.2, 0.25) is 5.91 Å². The van der Waals surface area contributed by atoms with E-state index in [1.165, 1.54) is 19.2 Å². The molecule has 0 aliphatic carbocycles. The van der Waals surface area contributed by atoms with Crippen LogP contribution in [0.3, 0.4) is 0 Å². The van der Waals surface area contributed by atoms with Gasteiger partial charge in [-0.3, -0.25) is 4.79 Å². The number of rotatable bonds is 6. The molecule has 2 N–H and O–H groups in total. The molecule has 1 amide bonds. The van der Waals surface area contributed by atoms with Gasteiger partial charge in [0.25, 0.3) is 0 Å². The Labute approximate surface area is 169 Å². The Kier molecular flexibility index (Phi) is 8.04. The smallest absolute Gasteiger partial charge is 0.226 e. The Morgan fingerprint density at radius 1 is 1.25 bits per heavy atom. The average Bonchev–Trinajstić information content (AvgIpc) is 2.65. The van der Waals surface area contributed by atoms with Crippen LogP contribution in [-0.4, -0.2) is 38.8 Å². The summed E-state index contributed by atoms with van der Waals surface area (Å²) in [5.41, 5.74) is 1.38. The summed E-state index contributed by atoms with van der Waals surface area (Å²) in [6, 6.07) is 9.67. The van der Waals surface area contributed by atoms with E-state index >= 15 is 0 Å². The lowest BCUT2D eigenvalue weighted by molar-refractivity contribution is -0.117. The zero-order valence-electron chi connectivity index (χ0n) is 15.8. The van der Waals surface area contributed by atoms with Gasteiger partial charge < -0.3 is 24.8 Å². The number of hydrogen-bond acceptors (Lipinski definition) is 5. The molecule has 2 aromatic rings. The van der Waals surface area contributed by atoms with E-state index < -0.39 is 5.82 Å². The summed E-state index contributed by atoms with van der Waals surface area (Å²) in [7, 11) is 1.53. The molecule has 1 unspecified atom stereocenters. The second kappa shape index (κ2) is 10.3. The number of halogens is 2. The van der Waals surface area contributed by atoms with Crippen LogP contribution in [0.2, 0.25) is 0 Å². The molecule has 0 radical (unpaired) electrons. The summed E-state index contributed by atoms with van der Waals surface area (Å²) in [4.78, 5) is 12.1. The highest BCUT2D eigenvalue weighted by Gasteiger charge is 2.17. The largest absolute Gasteiger partial charge is 0.493 e. The fourth-order valence-corrected chi connectivity index (χ4v) is 2.83. The molecular formula is C20H24ClFN2O4. The number of benzene rings is 2. The van der Waals surface area contributed by atoms with Crippen LogP contribution in [-0.2, 0) is 9.53 Å². The predicted octanol–water partition coefficient (Wildman–Crippen LogP) is 3.67. The van der Waals surface area contributed by atoms with Crippen molar-refractivity contribution in [2.45, 2.75) is 19.4 Å². The molecule has 0 saturated carbocycles. The SMILES string of the molecule is COc1cc(C)ccc1Oc1ccc(NC(=O)CC2COCCN2)cc1F.Cl. The van der Waals surface area contributed by atoms with Crippen molar-refractivity contribution in [3.05, 3.63) is 47.8 Å². The lowest BCUT2D eigenvalue weighted by Gasteiger charge is -2.23. The molecule has 1 aliphatic rings. The number of anilines is 1. The first-order valence-corrected chi connectivity index (χ1v) is 8.78. The zero-order valence-corrected chi connectivity index (χ0v) is 16.6. The number of hydrogen-bond donors (Lipinski definition) is 2. The molecule has 2 aromatic carbocycles. The number of morpholine rings is 1. The Morgan fingerprint density at radius 2 is 2.04 bits per heavy atom. The van der Waals surface area contributed by atoms with E-state index in [1.54, 1.807) is 12.1 Å². The molecule has 1 heterocycles. The number of methoxy groups -OCH3 is 1. The highest BCUT2D eigenvalue weighted by Crippen LogP contribution is 2.34. The van der Waals surface area contributed by atoms with Gasteiger partial charge in [0.15, 0.2) is 23.1 Å². The first-order chi connectivity index (χ1) is 13.0. The molecule has 1 atom stereocenters. The molecule has 1 saturated heterocycles. The first-order valence-electron chi connectivity index (χ1n) is 8.78. The van der Waals surface area contributed by atoms with Crippen LogP contribution in [0.5, 0.6) is 17.2 Å². The third-order valence-electron chi connectivity index (χ3n) is 4.18. The molecule has 0 aromatic heterocycles. The molecule has 152 valence electrons. The van der Waals surface area contributed by atoms with Crippen LogP contribution >= 0.6 is 12.4 Å². The molecule has 1 aliphatic heterocycles. The van der Waals surface area contributed by atoms with Crippen molar-refractivity contribution in [3.63, 3.8) is 0 Å². The number of amides is 1. The standard InChI is InChI=1S/C20H23FN2O4.ClH/c1-13-3-5-18(19(9-13)25-2)27-17-6-4-14(10-16(17)21)23-20(24)11-15-12-26-8-7-22-15;/h3-6,9-10,15,22H,7-8,11-12H2,1-2H3,(H,23,24);1H. The predicted molar refractivity (Wildman–Crippen MR) is 107 cm³/mol. The van der Waals surface area contributed by atoms with E-state index in [0.29, 0.717) is 30.4 Å². The van der Waals surface area contributed by atoms with Crippen LogP contribution in [0.15, 0.2) is 36.4 Å². The molecule has 8 heteroatoms. The number of ether oxygens (including phenoxy) is 3. The molecule has 28 heavy (non-hydrogen) atoms. The Balaban J connectivity index is 0.00000280. The fraction of sp³-hybridized carbons (Fsp3) is 0.350. The summed E-state index contributed by atoms with van der Waals surface area (Å²) >= 11 is 0. The van der Waals surface area contributed by atoms with Crippen LogP contribution in [0, 0.1) is 12.7 Å². The number of aryl methyl sites for hydroxylation is 1. The van der Waals surface area contributed by atoms with Crippen molar-refractivity contribution in [2.75, 3.05) is 32.2 Å². The summed E-state index contributed by atoms with van der Waals surface area (Å²) in [6.45, 7) is 3.80.